The number of amides is 1. The fraction of sp³-hybridized carbons (Fsp3) is 0.875. The smallest absolute Gasteiger partial charge is 0.222 e. The van der Waals surface area contributed by atoms with Crippen LogP contribution in [-0.4, -0.2) is 56.5 Å². The van der Waals surface area contributed by atoms with Gasteiger partial charge in [0.25, 0.3) is 0 Å². The average Bonchev–Trinajstić information content (AvgIpc) is 2.02. The molecule has 0 aromatic carbocycles. The topological polar surface area (TPSA) is 74.7 Å². The van der Waals surface area contributed by atoms with Gasteiger partial charge in [-0.1, -0.05) is 0 Å². The van der Waals surface area contributed by atoms with E-state index >= 15 is 0 Å². The summed E-state index contributed by atoms with van der Waals surface area (Å²) < 4.78 is 21.5. The van der Waals surface area contributed by atoms with Crippen LogP contribution < -0.4 is 0 Å². The SMILES string of the molecule is CN(CCO)C(=O)CCCS(C)(=O)=O. The Morgan fingerprint density at radius 2 is 2.00 bits per heavy atom. The maximum atomic E-state index is 11.2. The van der Waals surface area contributed by atoms with E-state index in [-0.39, 0.29) is 31.2 Å². The molecule has 6 heteroatoms. The van der Waals surface area contributed by atoms with Gasteiger partial charge >= 0.3 is 0 Å². The lowest BCUT2D eigenvalue weighted by Gasteiger charge is -2.14. The molecule has 0 saturated heterocycles. The van der Waals surface area contributed by atoms with Crippen LogP contribution in [0.3, 0.4) is 0 Å². The molecule has 1 amide bonds. The van der Waals surface area contributed by atoms with Crippen LogP contribution in [0.5, 0.6) is 0 Å². The summed E-state index contributed by atoms with van der Waals surface area (Å²) in [7, 11) is -1.40. The zero-order chi connectivity index (χ0) is 11.2. The van der Waals surface area contributed by atoms with Crippen molar-refractivity contribution in [3.8, 4) is 0 Å². The lowest BCUT2D eigenvalue weighted by Crippen LogP contribution is -2.29. The maximum Gasteiger partial charge on any atom is 0.222 e. The normalized spacial score (nSPS) is 11.4. The minimum Gasteiger partial charge on any atom is -0.395 e. The zero-order valence-corrected chi connectivity index (χ0v) is 9.38. The molecule has 0 spiro atoms. The van der Waals surface area contributed by atoms with Gasteiger partial charge in [-0.05, 0) is 6.42 Å². The van der Waals surface area contributed by atoms with Gasteiger partial charge in [0.05, 0.1) is 12.4 Å². The summed E-state index contributed by atoms with van der Waals surface area (Å²) in [4.78, 5) is 12.6. The molecule has 0 saturated carbocycles. The Morgan fingerprint density at radius 1 is 1.43 bits per heavy atom. The predicted octanol–water partition coefficient (Wildman–Crippen LogP) is -0.738. The number of hydrogen-bond donors (Lipinski definition) is 1. The molecule has 0 aromatic rings. The number of hydrogen-bond acceptors (Lipinski definition) is 4. The first kappa shape index (κ1) is 13.4. The van der Waals surface area contributed by atoms with E-state index in [1.165, 1.54) is 4.90 Å². The standard InChI is InChI=1S/C8H17NO4S/c1-9(5-6-10)8(11)4-3-7-14(2,12)13/h10H,3-7H2,1-2H3. The molecule has 0 aliphatic rings. The molecule has 0 rings (SSSR count). The van der Waals surface area contributed by atoms with Crippen molar-refractivity contribution in [2.45, 2.75) is 12.8 Å². The van der Waals surface area contributed by atoms with Crippen LogP contribution >= 0.6 is 0 Å². The summed E-state index contributed by atoms with van der Waals surface area (Å²) in [5, 5.41) is 8.55. The molecule has 0 atom stereocenters. The highest BCUT2D eigenvalue weighted by atomic mass is 32.2. The molecule has 0 aliphatic carbocycles. The van der Waals surface area contributed by atoms with Gasteiger partial charge in [0.15, 0.2) is 0 Å². The highest BCUT2D eigenvalue weighted by Crippen LogP contribution is 1.98. The molecule has 0 aromatic heterocycles. The first-order valence-electron chi connectivity index (χ1n) is 4.39. The van der Waals surface area contributed by atoms with E-state index in [2.05, 4.69) is 0 Å². The van der Waals surface area contributed by atoms with Crippen molar-refractivity contribution in [2.24, 2.45) is 0 Å². The summed E-state index contributed by atoms with van der Waals surface area (Å²) in [6, 6.07) is 0. The molecular formula is C8H17NO4S. The maximum absolute atomic E-state index is 11.2. The molecule has 0 aliphatic heterocycles. The number of carbonyl (C=O) groups is 1. The van der Waals surface area contributed by atoms with Crippen LogP contribution in [0.4, 0.5) is 0 Å². The van der Waals surface area contributed by atoms with E-state index in [0.717, 1.165) is 6.26 Å². The van der Waals surface area contributed by atoms with E-state index in [1.807, 2.05) is 0 Å². The third-order valence-corrected chi connectivity index (χ3v) is 2.80. The Kier molecular flexibility index (Phi) is 5.71. The van der Waals surface area contributed by atoms with Gasteiger partial charge in [0, 0.05) is 26.3 Å². The number of aliphatic hydroxyl groups is 1. The molecule has 84 valence electrons. The highest BCUT2D eigenvalue weighted by Gasteiger charge is 2.09. The third kappa shape index (κ3) is 6.85. The summed E-state index contributed by atoms with van der Waals surface area (Å²) in [5.41, 5.74) is 0. The average molecular weight is 223 g/mol. The first-order chi connectivity index (χ1) is 6.37. The first-order valence-corrected chi connectivity index (χ1v) is 6.45. The Morgan fingerprint density at radius 3 is 2.43 bits per heavy atom. The van der Waals surface area contributed by atoms with E-state index in [1.54, 1.807) is 7.05 Å². The molecule has 0 radical (unpaired) electrons. The molecule has 0 heterocycles. The summed E-state index contributed by atoms with van der Waals surface area (Å²) in [6.45, 7) is 0.214. The Labute approximate surface area is 84.6 Å². The lowest BCUT2D eigenvalue weighted by atomic mass is 10.3. The summed E-state index contributed by atoms with van der Waals surface area (Å²) in [6.07, 6.45) is 1.70. The summed E-state index contributed by atoms with van der Waals surface area (Å²) in [5.74, 6) is -0.103. The Bertz CT molecular complexity index is 273. The number of carbonyl (C=O) groups excluding carboxylic acids is 1. The molecule has 0 bridgehead atoms. The molecule has 0 unspecified atom stereocenters. The van der Waals surface area contributed by atoms with Crippen LogP contribution in [0.2, 0.25) is 0 Å². The zero-order valence-electron chi connectivity index (χ0n) is 8.56. The van der Waals surface area contributed by atoms with Crippen molar-refractivity contribution in [1.82, 2.24) is 4.90 Å². The number of aliphatic hydroxyl groups excluding tert-OH is 1. The van der Waals surface area contributed by atoms with Crippen LogP contribution in [0, 0.1) is 0 Å². The fourth-order valence-electron chi connectivity index (χ4n) is 0.951. The summed E-state index contributed by atoms with van der Waals surface area (Å²) >= 11 is 0. The molecule has 5 nitrogen and oxygen atoms in total. The van der Waals surface area contributed by atoms with Crippen molar-refractivity contribution >= 4 is 15.7 Å². The quantitative estimate of drug-likeness (QED) is 0.643. The third-order valence-electron chi connectivity index (χ3n) is 1.77. The van der Waals surface area contributed by atoms with E-state index in [4.69, 9.17) is 5.11 Å². The Hall–Kier alpha value is -0.620. The highest BCUT2D eigenvalue weighted by molar-refractivity contribution is 7.90. The van der Waals surface area contributed by atoms with Crippen molar-refractivity contribution in [3.05, 3.63) is 0 Å². The van der Waals surface area contributed by atoms with Gasteiger partial charge in [-0.15, -0.1) is 0 Å². The van der Waals surface area contributed by atoms with Gasteiger partial charge in [-0.25, -0.2) is 8.42 Å². The second kappa shape index (κ2) is 5.98. The van der Waals surface area contributed by atoms with Crippen LogP contribution in [-0.2, 0) is 14.6 Å². The van der Waals surface area contributed by atoms with Crippen LogP contribution in [0.1, 0.15) is 12.8 Å². The number of sulfone groups is 1. The molecule has 14 heavy (non-hydrogen) atoms. The minimum atomic E-state index is -2.98. The van der Waals surface area contributed by atoms with E-state index in [0.29, 0.717) is 6.42 Å². The monoisotopic (exact) mass is 223 g/mol. The van der Waals surface area contributed by atoms with Crippen LogP contribution in [0.25, 0.3) is 0 Å². The van der Waals surface area contributed by atoms with Crippen molar-refractivity contribution in [1.29, 1.82) is 0 Å². The number of likely N-dealkylation sites (N-methyl/N-ethyl adjacent to an activating group) is 1. The lowest BCUT2D eigenvalue weighted by molar-refractivity contribution is -0.130. The van der Waals surface area contributed by atoms with Gasteiger partial charge in [-0.2, -0.15) is 0 Å². The van der Waals surface area contributed by atoms with Crippen molar-refractivity contribution in [3.63, 3.8) is 0 Å². The second-order valence-corrected chi connectivity index (χ2v) is 5.53. The van der Waals surface area contributed by atoms with Crippen LogP contribution in [0.15, 0.2) is 0 Å². The largest absolute Gasteiger partial charge is 0.395 e. The Balaban J connectivity index is 3.75. The molecular weight excluding hydrogens is 206 g/mol. The predicted molar refractivity (Wildman–Crippen MR) is 53.7 cm³/mol. The van der Waals surface area contributed by atoms with Crippen molar-refractivity contribution < 1.29 is 18.3 Å². The number of rotatable bonds is 6. The second-order valence-electron chi connectivity index (χ2n) is 3.27. The van der Waals surface area contributed by atoms with Gasteiger partial charge in [-0.3, -0.25) is 4.79 Å². The van der Waals surface area contributed by atoms with E-state index < -0.39 is 9.84 Å². The molecule has 1 N–H and O–H groups in total. The fourth-order valence-corrected chi connectivity index (χ4v) is 1.62. The minimum absolute atomic E-state index is 0.0334. The van der Waals surface area contributed by atoms with Gasteiger partial charge in [0.2, 0.25) is 5.91 Å². The van der Waals surface area contributed by atoms with Gasteiger partial charge in [0.1, 0.15) is 9.84 Å². The van der Waals surface area contributed by atoms with Crippen molar-refractivity contribution in [2.75, 3.05) is 32.2 Å². The van der Waals surface area contributed by atoms with Gasteiger partial charge < -0.3 is 10.0 Å². The van der Waals surface area contributed by atoms with E-state index in [9.17, 15) is 13.2 Å². The molecule has 0 fully saturated rings. The number of nitrogens with zero attached hydrogens (tertiary/aromatic N) is 1.